The fourth-order valence-corrected chi connectivity index (χ4v) is 4.81. The summed E-state index contributed by atoms with van der Waals surface area (Å²) in [6.07, 6.45) is 5.14. The second-order valence-electron chi connectivity index (χ2n) is 8.57. The first-order valence-corrected chi connectivity index (χ1v) is 12.6. The van der Waals surface area contributed by atoms with Gasteiger partial charge in [-0.15, -0.1) is 11.3 Å². The summed E-state index contributed by atoms with van der Waals surface area (Å²) in [5, 5.41) is 14.9. The fourth-order valence-electron chi connectivity index (χ4n) is 4.15. The molecule has 0 unspecified atom stereocenters. The SMILES string of the molecule is CC#CC(=O)N1CCC[C@@H](Nc2n[nH]c3nccc(Oc4ccc(C(=O)Nc5ncc(C)s5)cc4)c23)C1. The Morgan fingerprint density at radius 3 is 2.81 bits per heavy atom. The van der Waals surface area contributed by atoms with Gasteiger partial charge in [0, 0.05) is 48.0 Å². The van der Waals surface area contributed by atoms with Gasteiger partial charge in [0.05, 0.1) is 0 Å². The Balaban J connectivity index is 1.30. The zero-order valence-electron chi connectivity index (χ0n) is 20.4. The van der Waals surface area contributed by atoms with Gasteiger partial charge in [0.1, 0.15) is 16.9 Å². The molecule has 1 atom stereocenters. The van der Waals surface area contributed by atoms with E-state index in [4.69, 9.17) is 4.74 Å². The first-order valence-electron chi connectivity index (χ1n) is 11.8. The summed E-state index contributed by atoms with van der Waals surface area (Å²) in [7, 11) is 0. The van der Waals surface area contributed by atoms with Gasteiger partial charge in [0.15, 0.2) is 16.6 Å². The van der Waals surface area contributed by atoms with Crippen LogP contribution in [0.25, 0.3) is 11.0 Å². The van der Waals surface area contributed by atoms with Crippen molar-refractivity contribution in [2.75, 3.05) is 23.7 Å². The van der Waals surface area contributed by atoms with Crippen molar-refractivity contribution < 1.29 is 14.3 Å². The molecule has 37 heavy (non-hydrogen) atoms. The molecule has 3 aromatic heterocycles. The maximum absolute atomic E-state index is 12.5. The van der Waals surface area contributed by atoms with Crippen molar-refractivity contribution in [1.82, 2.24) is 25.1 Å². The molecule has 2 amide bonds. The lowest BCUT2D eigenvalue weighted by Crippen LogP contribution is -2.44. The number of nitrogens with zero attached hydrogens (tertiary/aromatic N) is 4. The van der Waals surface area contributed by atoms with E-state index in [2.05, 4.69) is 42.6 Å². The number of hydrogen-bond donors (Lipinski definition) is 3. The molecule has 1 aromatic carbocycles. The second kappa shape index (κ2) is 10.7. The Morgan fingerprint density at radius 2 is 2.05 bits per heavy atom. The van der Waals surface area contributed by atoms with E-state index in [1.807, 2.05) is 6.92 Å². The van der Waals surface area contributed by atoms with Crippen LogP contribution < -0.4 is 15.4 Å². The topological polar surface area (TPSA) is 125 Å². The normalized spacial score (nSPS) is 15.1. The number of anilines is 2. The van der Waals surface area contributed by atoms with Crippen molar-refractivity contribution in [1.29, 1.82) is 0 Å². The summed E-state index contributed by atoms with van der Waals surface area (Å²) in [6.45, 7) is 4.83. The lowest BCUT2D eigenvalue weighted by Gasteiger charge is -2.32. The van der Waals surface area contributed by atoms with Gasteiger partial charge in [-0.05, 0) is 56.9 Å². The maximum Gasteiger partial charge on any atom is 0.298 e. The average Bonchev–Trinajstić information content (AvgIpc) is 3.51. The average molecular weight is 516 g/mol. The minimum Gasteiger partial charge on any atom is -0.456 e. The predicted molar refractivity (Wildman–Crippen MR) is 142 cm³/mol. The van der Waals surface area contributed by atoms with Crippen LogP contribution >= 0.6 is 11.3 Å². The number of H-pyrrole nitrogens is 1. The summed E-state index contributed by atoms with van der Waals surface area (Å²) in [5.74, 6) is 6.62. The smallest absolute Gasteiger partial charge is 0.298 e. The van der Waals surface area contributed by atoms with Crippen LogP contribution in [-0.4, -0.2) is 56.0 Å². The molecular formula is C26H25N7O3S. The van der Waals surface area contributed by atoms with Crippen LogP contribution in [0.3, 0.4) is 0 Å². The number of amides is 2. The van der Waals surface area contributed by atoms with Gasteiger partial charge in [-0.1, -0.05) is 5.92 Å². The maximum atomic E-state index is 12.5. The Labute approximate surface area is 217 Å². The number of piperidine rings is 1. The van der Waals surface area contributed by atoms with Crippen LogP contribution in [0.5, 0.6) is 11.5 Å². The predicted octanol–water partition coefficient (Wildman–Crippen LogP) is 4.19. The number of carbonyl (C=O) groups excluding carboxylic acids is 2. The van der Waals surface area contributed by atoms with Crippen LogP contribution in [0.1, 0.15) is 35.0 Å². The zero-order valence-corrected chi connectivity index (χ0v) is 21.2. The molecule has 3 N–H and O–H groups in total. The molecule has 188 valence electrons. The molecule has 5 rings (SSSR count). The molecule has 1 saturated heterocycles. The van der Waals surface area contributed by atoms with E-state index in [0.717, 1.165) is 17.7 Å². The summed E-state index contributed by atoms with van der Waals surface area (Å²) in [6, 6.07) is 8.66. The van der Waals surface area contributed by atoms with E-state index in [0.29, 0.717) is 52.1 Å². The third-order valence-electron chi connectivity index (χ3n) is 5.89. The summed E-state index contributed by atoms with van der Waals surface area (Å²) < 4.78 is 6.16. The van der Waals surface area contributed by atoms with Crippen LogP contribution in [0.4, 0.5) is 10.9 Å². The van der Waals surface area contributed by atoms with Crippen molar-refractivity contribution in [3.63, 3.8) is 0 Å². The van der Waals surface area contributed by atoms with Gasteiger partial charge >= 0.3 is 0 Å². The van der Waals surface area contributed by atoms with Crippen molar-refractivity contribution in [2.24, 2.45) is 0 Å². The van der Waals surface area contributed by atoms with E-state index < -0.39 is 0 Å². The van der Waals surface area contributed by atoms with Crippen molar-refractivity contribution >= 4 is 45.1 Å². The molecular weight excluding hydrogens is 490 g/mol. The first-order chi connectivity index (χ1) is 18.0. The van der Waals surface area contributed by atoms with E-state index in [1.54, 1.807) is 54.5 Å². The van der Waals surface area contributed by atoms with Crippen LogP contribution in [0, 0.1) is 18.8 Å². The summed E-state index contributed by atoms with van der Waals surface area (Å²) in [5.41, 5.74) is 1.07. The quantitative estimate of drug-likeness (QED) is 0.329. The molecule has 4 aromatic rings. The molecule has 0 aliphatic carbocycles. The number of pyridine rings is 1. The van der Waals surface area contributed by atoms with E-state index in [9.17, 15) is 9.59 Å². The number of benzene rings is 1. The van der Waals surface area contributed by atoms with E-state index in [1.165, 1.54) is 11.3 Å². The number of carbonyl (C=O) groups is 2. The highest BCUT2D eigenvalue weighted by molar-refractivity contribution is 7.15. The Bertz CT molecular complexity index is 1500. The van der Waals surface area contributed by atoms with Crippen molar-refractivity contribution in [2.45, 2.75) is 32.7 Å². The molecule has 4 heterocycles. The Morgan fingerprint density at radius 1 is 1.22 bits per heavy atom. The number of likely N-dealkylation sites (tertiary alicyclic amines) is 1. The molecule has 11 heteroatoms. The number of rotatable bonds is 6. The van der Waals surface area contributed by atoms with Crippen LogP contribution in [-0.2, 0) is 4.79 Å². The highest BCUT2D eigenvalue weighted by atomic mass is 32.1. The Kier molecular flexibility index (Phi) is 7.00. The summed E-state index contributed by atoms with van der Waals surface area (Å²) >= 11 is 1.42. The Hall–Kier alpha value is -4.43. The first kappa shape index (κ1) is 24.3. The number of aryl methyl sites for hydroxylation is 1. The molecule has 0 saturated carbocycles. The number of nitrogens with one attached hydrogen (secondary N) is 3. The second-order valence-corrected chi connectivity index (χ2v) is 9.81. The monoisotopic (exact) mass is 515 g/mol. The molecule has 1 aliphatic rings. The van der Waals surface area contributed by atoms with Gasteiger partial charge in [-0.2, -0.15) is 5.10 Å². The van der Waals surface area contributed by atoms with Gasteiger partial charge in [0.25, 0.3) is 11.8 Å². The zero-order chi connectivity index (χ0) is 25.8. The minimum absolute atomic E-state index is 0.0235. The number of aromatic nitrogens is 4. The summed E-state index contributed by atoms with van der Waals surface area (Å²) in [4.78, 5) is 36.1. The number of hydrogen-bond acceptors (Lipinski definition) is 8. The fraction of sp³-hybridized carbons (Fsp3) is 0.269. The molecule has 10 nitrogen and oxygen atoms in total. The largest absolute Gasteiger partial charge is 0.456 e. The van der Waals surface area contributed by atoms with E-state index >= 15 is 0 Å². The highest BCUT2D eigenvalue weighted by Gasteiger charge is 2.24. The highest BCUT2D eigenvalue weighted by Crippen LogP contribution is 2.33. The molecule has 1 aliphatic heterocycles. The standard InChI is InChI=1S/C26H25N7O3S/c1-3-5-21(34)33-13-4-6-18(15-33)29-24-22-20(11-12-27-23(22)31-32-24)36-19-9-7-17(8-10-19)25(35)30-26-28-14-16(2)37-26/h7-12,14,18H,4,6,13,15H2,1-2H3,(H,28,30,35)(H2,27,29,31,32)/t18-/m1/s1. The number of fused-ring (bicyclic) bond motifs is 1. The molecule has 1 fully saturated rings. The molecule has 0 spiro atoms. The lowest BCUT2D eigenvalue weighted by atomic mass is 10.1. The minimum atomic E-state index is -0.238. The van der Waals surface area contributed by atoms with E-state index in [-0.39, 0.29) is 17.9 Å². The lowest BCUT2D eigenvalue weighted by molar-refractivity contribution is -0.126. The van der Waals surface area contributed by atoms with Gasteiger partial charge in [-0.25, -0.2) is 9.97 Å². The van der Waals surface area contributed by atoms with Crippen molar-refractivity contribution in [3.05, 3.63) is 53.2 Å². The molecule has 0 bridgehead atoms. The van der Waals surface area contributed by atoms with Crippen LogP contribution in [0.15, 0.2) is 42.7 Å². The van der Waals surface area contributed by atoms with Gasteiger partial charge < -0.3 is 15.0 Å². The third kappa shape index (κ3) is 5.54. The number of aromatic amines is 1. The third-order valence-corrected chi connectivity index (χ3v) is 6.72. The van der Waals surface area contributed by atoms with Gasteiger partial charge in [-0.3, -0.25) is 20.0 Å². The van der Waals surface area contributed by atoms with Crippen molar-refractivity contribution in [3.8, 4) is 23.3 Å². The molecule has 0 radical (unpaired) electrons. The van der Waals surface area contributed by atoms with Crippen LogP contribution in [0.2, 0.25) is 0 Å². The van der Waals surface area contributed by atoms with Gasteiger partial charge in [0.2, 0.25) is 0 Å². The number of thiazole rings is 1. The number of ether oxygens (including phenoxy) is 1.